The van der Waals surface area contributed by atoms with Crippen LogP contribution in [0.3, 0.4) is 0 Å². The van der Waals surface area contributed by atoms with Crippen molar-refractivity contribution in [3.63, 3.8) is 0 Å². The zero-order valence-electron chi connectivity index (χ0n) is 9.00. The largest absolute Gasteiger partial charge is 0.467 e. The van der Waals surface area contributed by atoms with Crippen LogP contribution in [-0.2, 0) is 14.4 Å². The molecule has 3 heteroatoms. The van der Waals surface area contributed by atoms with Crippen molar-refractivity contribution in [1.29, 1.82) is 0 Å². The molecule has 0 spiro atoms. The normalized spacial score (nSPS) is 14.3. The highest BCUT2D eigenvalue weighted by Crippen LogP contribution is 2.35. The summed E-state index contributed by atoms with van der Waals surface area (Å²) in [4.78, 5) is 10.6. The highest BCUT2D eigenvalue weighted by atomic mass is 35.5. The standard InChI is InChI=1S/C12H15ClO2/c1-3-9-12(13,11(14)15-2)10-7-5-4-6-8-10/h4-8H,3,9H2,1-2H3. The SMILES string of the molecule is CCCC(Cl)(C(=O)OC)c1ccccc1. The van der Waals surface area contributed by atoms with E-state index in [1.165, 1.54) is 7.11 Å². The fourth-order valence-corrected chi connectivity index (χ4v) is 1.96. The third-order valence-corrected chi connectivity index (χ3v) is 2.90. The van der Waals surface area contributed by atoms with Crippen LogP contribution in [0.5, 0.6) is 0 Å². The number of ether oxygens (including phenoxy) is 1. The second-order valence-electron chi connectivity index (χ2n) is 3.41. The molecule has 0 N–H and O–H groups in total. The van der Waals surface area contributed by atoms with Crippen LogP contribution in [0.2, 0.25) is 0 Å². The van der Waals surface area contributed by atoms with E-state index in [-0.39, 0.29) is 0 Å². The van der Waals surface area contributed by atoms with Crippen molar-refractivity contribution in [3.05, 3.63) is 35.9 Å². The van der Waals surface area contributed by atoms with Crippen molar-refractivity contribution >= 4 is 17.6 Å². The predicted molar refractivity (Wildman–Crippen MR) is 60.9 cm³/mol. The molecule has 0 amide bonds. The zero-order chi connectivity index (χ0) is 11.3. The van der Waals surface area contributed by atoms with Gasteiger partial charge >= 0.3 is 5.97 Å². The molecule has 0 saturated heterocycles. The summed E-state index contributed by atoms with van der Waals surface area (Å²) in [5.41, 5.74) is 0.792. The summed E-state index contributed by atoms with van der Waals surface area (Å²) >= 11 is 6.34. The minimum Gasteiger partial charge on any atom is -0.467 e. The number of halogens is 1. The molecule has 0 heterocycles. The minimum atomic E-state index is -1.04. The lowest BCUT2D eigenvalue weighted by atomic mass is 9.93. The first kappa shape index (κ1) is 12.1. The summed E-state index contributed by atoms with van der Waals surface area (Å²) in [6, 6.07) is 9.32. The van der Waals surface area contributed by atoms with Gasteiger partial charge in [-0.15, -0.1) is 11.6 Å². The molecule has 82 valence electrons. The molecule has 1 atom stereocenters. The van der Waals surface area contributed by atoms with E-state index in [2.05, 4.69) is 0 Å². The molecule has 1 unspecified atom stereocenters. The molecule has 0 aliphatic rings. The fourth-order valence-electron chi connectivity index (χ4n) is 1.57. The van der Waals surface area contributed by atoms with Gasteiger partial charge in [0.2, 0.25) is 0 Å². The van der Waals surface area contributed by atoms with Crippen molar-refractivity contribution in [3.8, 4) is 0 Å². The van der Waals surface area contributed by atoms with Gasteiger partial charge in [0, 0.05) is 0 Å². The Morgan fingerprint density at radius 2 is 2.00 bits per heavy atom. The first-order chi connectivity index (χ1) is 7.15. The maximum Gasteiger partial charge on any atom is 0.331 e. The van der Waals surface area contributed by atoms with Crippen LogP contribution in [0.1, 0.15) is 25.3 Å². The topological polar surface area (TPSA) is 26.3 Å². The molecule has 1 aromatic rings. The number of hydrogen-bond donors (Lipinski definition) is 0. The average molecular weight is 227 g/mol. The molecular weight excluding hydrogens is 212 g/mol. The summed E-state index contributed by atoms with van der Waals surface area (Å²) in [7, 11) is 1.36. The molecule has 0 saturated carbocycles. The first-order valence-corrected chi connectivity index (χ1v) is 5.35. The molecule has 2 nitrogen and oxygen atoms in total. The number of methoxy groups -OCH3 is 1. The molecule has 0 aliphatic heterocycles. The van der Waals surface area contributed by atoms with E-state index in [9.17, 15) is 4.79 Å². The number of rotatable bonds is 4. The van der Waals surface area contributed by atoms with Gasteiger partial charge in [-0.3, -0.25) is 0 Å². The van der Waals surface area contributed by atoms with E-state index >= 15 is 0 Å². The van der Waals surface area contributed by atoms with Crippen LogP contribution in [0, 0.1) is 0 Å². The molecule has 1 aromatic carbocycles. The van der Waals surface area contributed by atoms with E-state index in [0.29, 0.717) is 6.42 Å². The smallest absolute Gasteiger partial charge is 0.331 e. The average Bonchev–Trinajstić information content (AvgIpc) is 2.29. The lowest BCUT2D eigenvalue weighted by Crippen LogP contribution is -2.30. The van der Waals surface area contributed by atoms with Crippen molar-refractivity contribution in [1.82, 2.24) is 0 Å². The Morgan fingerprint density at radius 3 is 2.47 bits per heavy atom. The lowest BCUT2D eigenvalue weighted by molar-refractivity contribution is -0.144. The Bertz CT molecular complexity index is 324. The van der Waals surface area contributed by atoms with Gasteiger partial charge in [0.15, 0.2) is 4.87 Å². The Morgan fingerprint density at radius 1 is 1.40 bits per heavy atom. The molecule has 15 heavy (non-hydrogen) atoms. The monoisotopic (exact) mass is 226 g/mol. The number of esters is 1. The number of carbonyl (C=O) groups excluding carboxylic acids is 1. The summed E-state index contributed by atoms with van der Waals surface area (Å²) < 4.78 is 4.75. The van der Waals surface area contributed by atoms with Crippen molar-refractivity contribution in [2.45, 2.75) is 24.6 Å². The number of alkyl halides is 1. The number of carbonyl (C=O) groups is 1. The number of hydrogen-bond acceptors (Lipinski definition) is 2. The van der Waals surface area contributed by atoms with Crippen LogP contribution in [-0.4, -0.2) is 13.1 Å². The van der Waals surface area contributed by atoms with E-state index in [0.717, 1.165) is 12.0 Å². The van der Waals surface area contributed by atoms with E-state index in [1.807, 2.05) is 37.3 Å². The Kier molecular flexibility index (Phi) is 4.15. The maximum atomic E-state index is 11.7. The molecule has 0 radical (unpaired) electrons. The third-order valence-electron chi connectivity index (χ3n) is 2.33. The second-order valence-corrected chi connectivity index (χ2v) is 4.05. The molecule has 0 bridgehead atoms. The van der Waals surface area contributed by atoms with Crippen LogP contribution < -0.4 is 0 Å². The Hall–Kier alpha value is -1.02. The van der Waals surface area contributed by atoms with Crippen molar-refractivity contribution in [2.75, 3.05) is 7.11 Å². The molecule has 0 aliphatic carbocycles. The van der Waals surface area contributed by atoms with Crippen molar-refractivity contribution in [2.24, 2.45) is 0 Å². The van der Waals surface area contributed by atoms with Crippen molar-refractivity contribution < 1.29 is 9.53 Å². The molecule has 0 fully saturated rings. The highest BCUT2D eigenvalue weighted by Gasteiger charge is 2.38. The Balaban J connectivity index is 3.06. The van der Waals surface area contributed by atoms with Crippen LogP contribution in [0.25, 0.3) is 0 Å². The molecule has 1 rings (SSSR count). The second kappa shape index (κ2) is 5.17. The van der Waals surface area contributed by atoms with Gasteiger partial charge in [-0.1, -0.05) is 43.7 Å². The highest BCUT2D eigenvalue weighted by molar-refractivity contribution is 6.33. The quantitative estimate of drug-likeness (QED) is 0.583. The summed E-state index contributed by atoms with van der Waals surface area (Å²) in [6.45, 7) is 1.99. The third kappa shape index (κ3) is 2.51. The summed E-state index contributed by atoms with van der Waals surface area (Å²) in [5.74, 6) is -0.391. The van der Waals surface area contributed by atoms with Crippen LogP contribution in [0.15, 0.2) is 30.3 Å². The van der Waals surface area contributed by atoms with E-state index in [4.69, 9.17) is 16.3 Å². The maximum absolute atomic E-state index is 11.7. The van der Waals surface area contributed by atoms with Gasteiger partial charge in [-0.05, 0) is 12.0 Å². The van der Waals surface area contributed by atoms with E-state index in [1.54, 1.807) is 0 Å². The van der Waals surface area contributed by atoms with Gasteiger partial charge < -0.3 is 4.74 Å². The summed E-state index contributed by atoms with van der Waals surface area (Å²) in [6.07, 6.45) is 1.40. The number of benzene rings is 1. The molecular formula is C12H15ClO2. The van der Waals surface area contributed by atoms with Gasteiger partial charge in [0.25, 0.3) is 0 Å². The van der Waals surface area contributed by atoms with E-state index < -0.39 is 10.8 Å². The van der Waals surface area contributed by atoms with Gasteiger partial charge in [0.1, 0.15) is 0 Å². The Labute approximate surface area is 95.2 Å². The fraction of sp³-hybridized carbons (Fsp3) is 0.417. The van der Waals surface area contributed by atoms with Crippen LogP contribution in [0.4, 0.5) is 0 Å². The molecule has 0 aromatic heterocycles. The van der Waals surface area contributed by atoms with Gasteiger partial charge in [-0.25, -0.2) is 4.79 Å². The first-order valence-electron chi connectivity index (χ1n) is 4.98. The van der Waals surface area contributed by atoms with Gasteiger partial charge in [0.05, 0.1) is 7.11 Å². The summed E-state index contributed by atoms with van der Waals surface area (Å²) in [5, 5.41) is 0. The predicted octanol–water partition coefficient (Wildman–Crippen LogP) is 3.09. The van der Waals surface area contributed by atoms with Gasteiger partial charge in [-0.2, -0.15) is 0 Å². The lowest BCUT2D eigenvalue weighted by Gasteiger charge is -2.23. The zero-order valence-corrected chi connectivity index (χ0v) is 9.75. The minimum absolute atomic E-state index is 0.391. The van der Waals surface area contributed by atoms with Crippen LogP contribution >= 0.6 is 11.6 Å².